The average molecular weight is 515 g/mol. The van der Waals surface area contributed by atoms with Crippen molar-refractivity contribution in [2.24, 2.45) is 0 Å². The second-order valence-electron chi connectivity index (χ2n) is 8.80. The van der Waals surface area contributed by atoms with E-state index in [1.165, 1.54) is 16.9 Å². The predicted octanol–water partition coefficient (Wildman–Crippen LogP) is 2.68. The lowest BCUT2D eigenvalue weighted by Gasteiger charge is -2.28. The number of ketones is 1. The van der Waals surface area contributed by atoms with E-state index in [0.717, 1.165) is 26.1 Å². The van der Waals surface area contributed by atoms with Gasteiger partial charge < -0.3 is 24.4 Å². The first-order chi connectivity index (χ1) is 17.4. The van der Waals surface area contributed by atoms with Crippen molar-refractivity contribution in [1.82, 2.24) is 4.90 Å². The van der Waals surface area contributed by atoms with Gasteiger partial charge in [0.1, 0.15) is 0 Å². The number of rotatable bonds is 12. The van der Waals surface area contributed by atoms with Crippen LogP contribution >= 0.6 is 11.6 Å². The van der Waals surface area contributed by atoms with Gasteiger partial charge in [0.15, 0.2) is 11.5 Å². The lowest BCUT2D eigenvalue weighted by Crippen LogP contribution is -3.11. The monoisotopic (exact) mass is 514 g/mol. The molecule has 1 aliphatic rings. The number of ether oxygens (including phenoxy) is 2. The van der Waals surface area contributed by atoms with Crippen LogP contribution in [0.1, 0.15) is 50.8 Å². The molecule has 0 radical (unpaired) electrons. The number of methoxy groups -OCH3 is 1. The molecule has 1 N–H and O–H groups in total. The van der Waals surface area contributed by atoms with Gasteiger partial charge in [0.05, 0.1) is 39.4 Å². The summed E-state index contributed by atoms with van der Waals surface area (Å²) in [6.45, 7) is 9.98. The number of nitrogens with one attached hydrogen (secondary N) is 1. The molecule has 1 unspecified atom stereocenters. The van der Waals surface area contributed by atoms with E-state index < -0.39 is 23.5 Å². The Kier molecular flexibility index (Phi) is 9.79. The standard InChI is InChI=1S/C28H35ClN2O5/c1-5-17-36-22-14-11-20(18-23(22)35-4)25-24(26(32)19-9-12-21(29)13-10-19)27(33)28(34)31(25)16-8-15-30(6-2)7-3/h9-14,18,25,32H,5-8,15-17H2,1-4H3/b26-24+. The molecule has 1 saturated heterocycles. The van der Waals surface area contributed by atoms with Gasteiger partial charge in [-0.15, -0.1) is 0 Å². The summed E-state index contributed by atoms with van der Waals surface area (Å²) in [5.74, 6) is -0.839. The number of Topliss-reactive ketones (excluding diaryl/α,β-unsaturated/α-hetero) is 1. The lowest BCUT2D eigenvalue weighted by atomic mass is 9.95. The molecule has 3 rings (SSSR count). The molecule has 1 atom stereocenters. The molecule has 2 aromatic rings. The average Bonchev–Trinajstić information content (AvgIpc) is 3.14. The number of carbonyl (C=O) groups excluding carboxylic acids is 2. The number of carbonyl (C=O) groups is 2. The fraction of sp³-hybridized carbons (Fsp3) is 0.429. The highest BCUT2D eigenvalue weighted by Crippen LogP contribution is 2.41. The van der Waals surface area contributed by atoms with Crippen molar-refractivity contribution in [3.8, 4) is 11.5 Å². The Morgan fingerprint density at radius 3 is 2.36 bits per heavy atom. The van der Waals surface area contributed by atoms with Gasteiger partial charge in [0.2, 0.25) is 5.78 Å². The summed E-state index contributed by atoms with van der Waals surface area (Å²) in [7, 11) is 1.54. The fourth-order valence-corrected chi connectivity index (χ4v) is 4.62. The third kappa shape index (κ3) is 6.02. The molecule has 1 heterocycles. The maximum atomic E-state index is 13.5. The first-order valence-corrected chi connectivity index (χ1v) is 12.9. The van der Waals surface area contributed by atoms with Crippen molar-refractivity contribution < 1.29 is 29.1 Å². The molecule has 0 spiro atoms. The normalized spacial score (nSPS) is 17.2. The van der Waals surface area contributed by atoms with Gasteiger partial charge in [-0.3, -0.25) is 9.59 Å². The molecule has 2 aromatic carbocycles. The first-order valence-electron chi connectivity index (χ1n) is 12.5. The number of hydrogen-bond donors (Lipinski definition) is 1. The molecule has 7 nitrogen and oxygen atoms in total. The number of nitrogens with zero attached hydrogens (tertiary/aromatic N) is 1. The topological polar surface area (TPSA) is 83.3 Å². The van der Waals surface area contributed by atoms with Crippen molar-refractivity contribution in [3.63, 3.8) is 0 Å². The van der Waals surface area contributed by atoms with Crippen LogP contribution in [0, 0.1) is 0 Å². The van der Waals surface area contributed by atoms with Crippen LogP contribution in [0.15, 0.2) is 48.0 Å². The number of benzene rings is 2. The molecule has 0 aromatic heterocycles. The smallest absolute Gasteiger partial charge is 0.295 e. The van der Waals surface area contributed by atoms with Gasteiger partial charge in [-0.2, -0.15) is 0 Å². The van der Waals surface area contributed by atoms with E-state index in [0.29, 0.717) is 47.2 Å². The Morgan fingerprint density at radius 1 is 1.06 bits per heavy atom. The van der Waals surface area contributed by atoms with Crippen LogP contribution in [0.5, 0.6) is 11.5 Å². The summed E-state index contributed by atoms with van der Waals surface area (Å²) in [4.78, 5) is 29.3. The molecule has 0 saturated carbocycles. The number of quaternary nitrogens is 1. The van der Waals surface area contributed by atoms with E-state index in [1.807, 2.05) is 6.92 Å². The van der Waals surface area contributed by atoms with Gasteiger partial charge >= 0.3 is 0 Å². The first kappa shape index (κ1) is 27.6. The van der Waals surface area contributed by atoms with Crippen molar-refractivity contribution in [2.45, 2.75) is 39.7 Å². The number of hydrogen-bond acceptors (Lipinski definition) is 5. The highest BCUT2D eigenvalue weighted by Gasteiger charge is 2.44. The molecule has 194 valence electrons. The number of amides is 1. The molecule has 1 amide bonds. The maximum Gasteiger partial charge on any atom is 0.295 e. The minimum atomic E-state index is -0.811. The van der Waals surface area contributed by atoms with Crippen molar-refractivity contribution >= 4 is 29.1 Å². The largest absolute Gasteiger partial charge is 0.872 e. The Labute approximate surface area is 218 Å². The summed E-state index contributed by atoms with van der Waals surface area (Å²) >= 11 is 5.99. The highest BCUT2D eigenvalue weighted by molar-refractivity contribution is 6.46. The fourth-order valence-electron chi connectivity index (χ4n) is 4.49. The molecule has 0 bridgehead atoms. The van der Waals surface area contributed by atoms with Crippen LogP contribution in [0.4, 0.5) is 0 Å². The second-order valence-corrected chi connectivity index (χ2v) is 9.24. The van der Waals surface area contributed by atoms with Crippen LogP contribution in [-0.2, 0) is 9.59 Å². The SMILES string of the molecule is CCCOc1ccc(C2/C(=C(\[O-])c3ccc(Cl)cc3)C(=O)C(=O)N2CCC[NH+](CC)CC)cc1OC. The Hall–Kier alpha value is -3.03. The van der Waals surface area contributed by atoms with Crippen LogP contribution in [0.25, 0.3) is 5.76 Å². The summed E-state index contributed by atoms with van der Waals surface area (Å²) in [5.41, 5.74) is 0.883. The van der Waals surface area contributed by atoms with E-state index in [9.17, 15) is 14.7 Å². The molecule has 8 heteroatoms. The van der Waals surface area contributed by atoms with Gasteiger partial charge in [0.25, 0.3) is 5.91 Å². The van der Waals surface area contributed by atoms with Crippen LogP contribution < -0.4 is 19.5 Å². The maximum absolute atomic E-state index is 13.5. The quantitative estimate of drug-likeness (QED) is 0.267. The Balaban J connectivity index is 2.07. The van der Waals surface area contributed by atoms with E-state index in [4.69, 9.17) is 21.1 Å². The van der Waals surface area contributed by atoms with Crippen molar-refractivity contribution in [2.75, 3.05) is 39.9 Å². The Morgan fingerprint density at radius 2 is 1.75 bits per heavy atom. The minimum absolute atomic E-state index is 0.0539. The van der Waals surface area contributed by atoms with Crippen LogP contribution in [0.3, 0.4) is 0 Å². The van der Waals surface area contributed by atoms with E-state index in [1.54, 1.807) is 42.5 Å². The highest BCUT2D eigenvalue weighted by atomic mass is 35.5. The third-order valence-corrected chi connectivity index (χ3v) is 6.78. The van der Waals surface area contributed by atoms with Gasteiger partial charge in [-0.1, -0.05) is 42.5 Å². The molecular formula is C28H35ClN2O5. The zero-order valence-corrected chi connectivity index (χ0v) is 22.2. The van der Waals surface area contributed by atoms with Gasteiger partial charge in [0, 0.05) is 23.6 Å². The molecule has 0 aliphatic carbocycles. The van der Waals surface area contributed by atoms with E-state index >= 15 is 0 Å². The minimum Gasteiger partial charge on any atom is -0.872 e. The van der Waals surface area contributed by atoms with Gasteiger partial charge in [-0.05, 0) is 55.7 Å². The predicted molar refractivity (Wildman–Crippen MR) is 138 cm³/mol. The summed E-state index contributed by atoms with van der Waals surface area (Å²) in [5, 5.41) is 14.0. The molecular weight excluding hydrogens is 480 g/mol. The van der Waals surface area contributed by atoms with E-state index in [2.05, 4.69) is 13.8 Å². The molecule has 1 fully saturated rings. The second kappa shape index (κ2) is 12.8. The van der Waals surface area contributed by atoms with Crippen LogP contribution in [0.2, 0.25) is 5.02 Å². The lowest BCUT2D eigenvalue weighted by molar-refractivity contribution is -0.896. The van der Waals surface area contributed by atoms with Crippen molar-refractivity contribution in [3.05, 3.63) is 64.2 Å². The number of likely N-dealkylation sites (tertiary alicyclic amines) is 1. The summed E-state index contributed by atoms with van der Waals surface area (Å²) in [6, 6.07) is 10.8. The molecule has 36 heavy (non-hydrogen) atoms. The van der Waals surface area contributed by atoms with E-state index in [-0.39, 0.29) is 5.57 Å². The van der Waals surface area contributed by atoms with Crippen LogP contribution in [-0.4, -0.2) is 56.5 Å². The van der Waals surface area contributed by atoms with Crippen molar-refractivity contribution in [1.29, 1.82) is 0 Å². The zero-order chi connectivity index (χ0) is 26.2. The molecule has 1 aliphatic heterocycles. The van der Waals surface area contributed by atoms with Gasteiger partial charge in [-0.25, -0.2) is 0 Å². The third-order valence-electron chi connectivity index (χ3n) is 6.53. The zero-order valence-electron chi connectivity index (χ0n) is 21.4. The Bertz CT molecular complexity index is 1100. The summed E-state index contributed by atoms with van der Waals surface area (Å²) < 4.78 is 11.3. The summed E-state index contributed by atoms with van der Waals surface area (Å²) in [6.07, 6.45) is 1.55. The number of halogens is 1.